The Hall–Kier alpha value is -1.94. The van der Waals surface area contributed by atoms with E-state index in [1.807, 2.05) is 12.1 Å². The van der Waals surface area contributed by atoms with E-state index in [0.29, 0.717) is 13.2 Å². The molecule has 2 heterocycles. The molecular weight excluding hydrogens is 233 g/mol. The van der Waals surface area contributed by atoms with Crippen LogP contribution in [0.15, 0.2) is 40.9 Å². The highest BCUT2D eigenvalue weighted by Gasteiger charge is 2.13. The number of benzene rings is 1. The second kappa shape index (κ2) is 4.74. The first-order valence-corrected chi connectivity index (χ1v) is 5.83. The van der Waals surface area contributed by atoms with Gasteiger partial charge in [0.05, 0.1) is 13.2 Å². The number of hydrogen-bond acceptors (Lipinski definition) is 3. The van der Waals surface area contributed by atoms with E-state index in [1.54, 1.807) is 12.1 Å². The average molecular weight is 245 g/mol. The quantitative estimate of drug-likeness (QED) is 0.814. The lowest BCUT2D eigenvalue weighted by Crippen LogP contribution is -2.02. The molecule has 0 amide bonds. The maximum atomic E-state index is 12.8. The van der Waals surface area contributed by atoms with Gasteiger partial charge in [-0.2, -0.15) is 0 Å². The minimum absolute atomic E-state index is 0.255. The van der Waals surface area contributed by atoms with Crippen LogP contribution in [0.25, 0.3) is 16.8 Å². The van der Waals surface area contributed by atoms with E-state index in [9.17, 15) is 4.39 Å². The Morgan fingerprint density at radius 3 is 2.72 bits per heavy atom. The van der Waals surface area contributed by atoms with Crippen LogP contribution in [-0.2, 0) is 4.74 Å². The number of halogens is 1. The van der Waals surface area contributed by atoms with Crippen LogP contribution in [0.3, 0.4) is 0 Å². The second-order valence-electron chi connectivity index (χ2n) is 4.14. The van der Waals surface area contributed by atoms with Gasteiger partial charge in [0.2, 0.25) is 0 Å². The third kappa shape index (κ3) is 2.19. The summed E-state index contributed by atoms with van der Waals surface area (Å²) >= 11 is 0. The van der Waals surface area contributed by atoms with Gasteiger partial charge in [-0.3, -0.25) is 0 Å². The smallest absolute Gasteiger partial charge is 0.163 e. The molecule has 1 aromatic heterocycles. The van der Waals surface area contributed by atoms with Gasteiger partial charge >= 0.3 is 0 Å². The maximum Gasteiger partial charge on any atom is 0.163 e. The Balaban J connectivity index is 1.89. The van der Waals surface area contributed by atoms with Gasteiger partial charge in [-0.1, -0.05) is 11.2 Å². The third-order valence-electron chi connectivity index (χ3n) is 2.93. The lowest BCUT2D eigenvalue weighted by molar-refractivity contribution is 0.160. The third-order valence-corrected chi connectivity index (χ3v) is 2.93. The predicted molar refractivity (Wildman–Crippen MR) is 65.3 cm³/mol. The second-order valence-corrected chi connectivity index (χ2v) is 4.14. The van der Waals surface area contributed by atoms with Crippen molar-refractivity contribution in [1.82, 2.24) is 5.16 Å². The molecule has 0 N–H and O–H groups in total. The zero-order valence-corrected chi connectivity index (χ0v) is 9.73. The monoisotopic (exact) mass is 245 g/mol. The van der Waals surface area contributed by atoms with Gasteiger partial charge in [0, 0.05) is 11.6 Å². The van der Waals surface area contributed by atoms with Crippen molar-refractivity contribution in [3.8, 4) is 11.3 Å². The molecule has 0 spiro atoms. The molecule has 3 rings (SSSR count). The molecule has 0 radical (unpaired) electrons. The average Bonchev–Trinajstić information content (AvgIpc) is 2.90. The van der Waals surface area contributed by atoms with Crippen molar-refractivity contribution >= 4 is 5.57 Å². The fourth-order valence-corrected chi connectivity index (χ4v) is 1.93. The molecule has 0 fully saturated rings. The summed E-state index contributed by atoms with van der Waals surface area (Å²) in [6.07, 6.45) is 2.83. The minimum Gasteiger partial charge on any atom is -0.377 e. The molecule has 0 bridgehead atoms. The molecule has 18 heavy (non-hydrogen) atoms. The maximum absolute atomic E-state index is 12.8. The van der Waals surface area contributed by atoms with Gasteiger partial charge in [-0.25, -0.2) is 4.39 Å². The van der Waals surface area contributed by atoms with Crippen molar-refractivity contribution in [2.75, 3.05) is 13.2 Å². The summed E-state index contributed by atoms with van der Waals surface area (Å²) in [5, 5.41) is 4.01. The SMILES string of the molecule is Fc1ccc(-c2cc(C3=CCOCC3)on2)cc1. The number of hydrogen-bond donors (Lipinski definition) is 0. The number of aromatic nitrogens is 1. The molecule has 1 aromatic carbocycles. The van der Waals surface area contributed by atoms with Crippen LogP contribution < -0.4 is 0 Å². The fraction of sp³-hybridized carbons (Fsp3) is 0.214. The summed E-state index contributed by atoms with van der Waals surface area (Å²) in [6, 6.07) is 8.09. The molecule has 0 unspecified atom stereocenters. The first-order chi connectivity index (χ1) is 8.83. The number of ether oxygens (including phenoxy) is 1. The van der Waals surface area contributed by atoms with E-state index in [2.05, 4.69) is 5.16 Å². The van der Waals surface area contributed by atoms with Crippen LogP contribution in [0, 0.1) is 5.82 Å². The molecule has 0 saturated heterocycles. The van der Waals surface area contributed by atoms with Crippen LogP contribution >= 0.6 is 0 Å². The minimum atomic E-state index is -0.255. The van der Waals surface area contributed by atoms with E-state index in [4.69, 9.17) is 9.26 Å². The zero-order chi connectivity index (χ0) is 12.4. The van der Waals surface area contributed by atoms with Crippen molar-refractivity contribution in [2.24, 2.45) is 0 Å². The predicted octanol–water partition coefficient (Wildman–Crippen LogP) is 3.28. The van der Waals surface area contributed by atoms with E-state index in [-0.39, 0.29) is 5.82 Å². The first kappa shape index (κ1) is 11.2. The van der Waals surface area contributed by atoms with Crippen molar-refractivity contribution in [2.45, 2.75) is 6.42 Å². The molecule has 2 aromatic rings. The molecule has 0 saturated carbocycles. The first-order valence-electron chi connectivity index (χ1n) is 5.83. The van der Waals surface area contributed by atoms with Crippen LogP contribution in [0.5, 0.6) is 0 Å². The lowest BCUT2D eigenvalue weighted by Gasteiger charge is -2.09. The molecule has 0 atom stereocenters. The number of nitrogens with zero attached hydrogens (tertiary/aromatic N) is 1. The Morgan fingerprint density at radius 2 is 2.00 bits per heavy atom. The normalized spacial score (nSPS) is 15.5. The van der Waals surface area contributed by atoms with Crippen molar-refractivity contribution in [1.29, 1.82) is 0 Å². The zero-order valence-electron chi connectivity index (χ0n) is 9.73. The molecule has 0 aliphatic carbocycles. The van der Waals surface area contributed by atoms with E-state index in [1.165, 1.54) is 12.1 Å². The highest BCUT2D eigenvalue weighted by Crippen LogP contribution is 2.26. The van der Waals surface area contributed by atoms with Gasteiger partial charge in [0.25, 0.3) is 0 Å². The van der Waals surface area contributed by atoms with Crippen LogP contribution in [-0.4, -0.2) is 18.4 Å². The molecule has 3 nitrogen and oxygen atoms in total. The standard InChI is InChI=1S/C14H12FNO2/c15-12-3-1-10(2-4-12)13-9-14(18-16-13)11-5-7-17-8-6-11/h1-5,9H,6-8H2. The summed E-state index contributed by atoms with van der Waals surface area (Å²) in [6.45, 7) is 1.32. The highest BCUT2D eigenvalue weighted by atomic mass is 19.1. The topological polar surface area (TPSA) is 35.3 Å². The summed E-state index contributed by atoms with van der Waals surface area (Å²) in [4.78, 5) is 0. The van der Waals surface area contributed by atoms with Gasteiger partial charge in [0.1, 0.15) is 11.5 Å². The molecule has 4 heteroatoms. The fourth-order valence-electron chi connectivity index (χ4n) is 1.93. The van der Waals surface area contributed by atoms with Gasteiger partial charge < -0.3 is 9.26 Å². The van der Waals surface area contributed by atoms with Crippen LogP contribution in [0.4, 0.5) is 4.39 Å². The van der Waals surface area contributed by atoms with E-state index < -0.39 is 0 Å². The molecule has 1 aliphatic heterocycles. The summed E-state index contributed by atoms with van der Waals surface area (Å²) in [7, 11) is 0. The lowest BCUT2D eigenvalue weighted by atomic mass is 10.1. The Labute approximate surface area is 104 Å². The van der Waals surface area contributed by atoms with E-state index >= 15 is 0 Å². The van der Waals surface area contributed by atoms with Crippen LogP contribution in [0.1, 0.15) is 12.2 Å². The Kier molecular flexibility index (Phi) is 2.94. The van der Waals surface area contributed by atoms with Crippen molar-refractivity contribution < 1.29 is 13.7 Å². The van der Waals surface area contributed by atoms with Gasteiger partial charge in [0.15, 0.2) is 5.76 Å². The Morgan fingerprint density at radius 1 is 1.17 bits per heavy atom. The van der Waals surface area contributed by atoms with Gasteiger partial charge in [-0.15, -0.1) is 0 Å². The van der Waals surface area contributed by atoms with Gasteiger partial charge in [-0.05, 0) is 36.3 Å². The summed E-state index contributed by atoms with van der Waals surface area (Å²) in [5.41, 5.74) is 2.68. The Bertz CT molecular complexity index is 572. The largest absolute Gasteiger partial charge is 0.377 e. The van der Waals surface area contributed by atoms with Crippen LogP contribution in [0.2, 0.25) is 0 Å². The summed E-state index contributed by atoms with van der Waals surface area (Å²) < 4.78 is 23.4. The molecule has 92 valence electrons. The highest BCUT2D eigenvalue weighted by molar-refractivity contribution is 5.67. The van der Waals surface area contributed by atoms with E-state index in [0.717, 1.165) is 29.0 Å². The molecule has 1 aliphatic rings. The van der Waals surface area contributed by atoms with Crippen molar-refractivity contribution in [3.05, 3.63) is 48.0 Å². The number of rotatable bonds is 2. The summed E-state index contributed by atoms with van der Waals surface area (Å²) in [5.74, 6) is 0.507. The molecular formula is C14H12FNO2. The van der Waals surface area contributed by atoms with Crippen molar-refractivity contribution in [3.63, 3.8) is 0 Å².